The number of benzene rings is 1. The molecule has 0 spiro atoms. The molecule has 0 saturated heterocycles. The van der Waals surface area contributed by atoms with Crippen LogP contribution < -0.4 is 14.2 Å². The molecule has 1 aromatic carbocycles. The number of fused-ring (bicyclic) bond motifs is 1. The van der Waals surface area contributed by atoms with Crippen LogP contribution in [0.15, 0.2) is 22.0 Å². The van der Waals surface area contributed by atoms with Crippen LogP contribution in [0.1, 0.15) is 35.6 Å². The van der Waals surface area contributed by atoms with E-state index in [1.807, 2.05) is 19.9 Å². The van der Waals surface area contributed by atoms with Crippen LogP contribution in [0.2, 0.25) is 0 Å². The van der Waals surface area contributed by atoms with Crippen molar-refractivity contribution in [2.45, 2.75) is 32.6 Å². The minimum absolute atomic E-state index is 0.270. The van der Waals surface area contributed by atoms with E-state index in [0.29, 0.717) is 35.9 Å². The first-order valence-electron chi connectivity index (χ1n) is 10.1. The van der Waals surface area contributed by atoms with Gasteiger partial charge in [-0.15, -0.1) is 11.3 Å². The van der Waals surface area contributed by atoms with Crippen LogP contribution in [-0.4, -0.2) is 46.0 Å². The summed E-state index contributed by atoms with van der Waals surface area (Å²) in [4.78, 5) is 3.49. The highest BCUT2D eigenvalue weighted by atomic mass is 79.9. The quantitative estimate of drug-likeness (QED) is 0.354. The molecule has 0 N–H and O–H groups in total. The van der Waals surface area contributed by atoms with Crippen molar-refractivity contribution in [2.75, 3.05) is 41.1 Å². The monoisotopic (exact) mass is 533 g/mol. The molecule has 3 rings (SSSR count). The topological polar surface area (TPSA) is 66.5 Å². The van der Waals surface area contributed by atoms with Gasteiger partial charge in [0, 0.05) is 23.5 Å². The molecule has 0 radical (unpaired) electrons. The van der Waals surface area contributed by atoms with Gasteiger partial charge in [-0.25, -0.2) is 0 Å². The molecule has 1 aliphatic heterocycles. The Labute approximate surface area is 196 Å². The van der Waals surface area contributed by atoms with Crippen LogP contribution in [-0.2, 0) is 26.6 Å². The number of halogens is 1. The molecule has 0 saturated carbocycles. The maximum absolute atomic E-state index is 14.1. The van der Waals surface area contributed by atoms with E-state index in [1.165, 1.54) is 10.4 Å². The van der Waals surface area contributed by atoms with Gasteiger partial charge in [-0.05, 0) is 60.0 Å². The normalized spacial score (nSPS) is 15.4. The summed E-state index contributed by atoms with van der Waals surface area (Å²) in [5, 5.41) is 0. The SMILES string of the molecule is CCOP(=O)(OCC)C(c1ccc(OC)c(OC)c1OC)N1CCc2sc(Br)cc2C1. The smallest absolute Gasteiger partial charge is 0.352 e. The zero-order valence-electron chi connectivity index (χ0n) is 18.5. The van der Waals surface area contributed by atoms with Crippen molar-refractivity contribution < 1.29 is 27.8 Å². The average Bonchev–Trinajstić information content (AvgIpc) is 3.12. The molecule has 10 heteroatoms. The van der Waals surface area contributed by atoms with E-state index in [1.54, 1.807) is 38.7 Å². The van der Waals surface area contributed by atoms with Crippen molar-refractivity contribution >= 4 is 34.9 Å². The van der Waals surface area contributed by atoms with Gasteiger partial charge in [0.15, 0.2) is 11.5 Å². The second kappa shape index (κ2) is 10.7. The standard InChI is InChI=1S/C21H29BrNO6PS/c1-6-28-30(24,29-7-2)21(23-11-10-17-14(13-23)12-18(22)31-17)15-8-9-16(25-3)20(27-5)19(15)26-4/h8-9,12,21H,6-7,10-11,13H2,1-5H3. The third-order valence-electron chi connectivity index (χ3n) is 5.14. The van der Waals surface area contributed by atoms with Gasteiger partial charge in [-0.3, -0.25) is 9.46 Å². The first-order valence-corrected chi connectivity index (χ1v) is 13.3. The maximum Gasteiger partial charge on any atom is 0.352 e. The highest BCUT2D eigenvalue weighted by molar-refractivity contribution is 9.11. The number of methoxy groups -OCH3 is 3. The minimum atomic E-state index is -3.58. The highest BCUT2D eigenvalue weighted by Gasteiger charge is 2.44. The lowest BCUT2D eigenvalue weighted by Crippen LogP contribution is -2.34. The van der Waals surface area contributed by atoms with Crippen LogP contribution >= 0.6 is 34.9 Å². The summed E-state index contributed by atoms with van der Waals surface area (Å²) in [6.45, 7) is 5.52. The molecule has 1 atom stereocenters. The van der Waals surface area contributed by atoms with Gasteiger partial charge < -0.3 is 23.3 Å². The molecule has 1 aromatic heterocycles. The Morgan fingerprint density at radius 3 is 2.35 bits per heavy atom. The first kappa shape index (κ1) is 24.6. The summed E-state index contributed by atoms with van der Waals surface area (Å²) in [6, 6.07) is 5.78. The fourth-order valence-electron chi connectivity index (χ4n) is 3.96. The van der Waals surface area contributed by atoms with Crippen LogP contribution in [0, 0.1) is 0 Å². The van der Waals surface area contributed by atoms with Gasteiger partial charge in [-0.2, -0.15) is 0 Å². The van der Waals surface area contributed by atoms with E-state index in [2.05, 4.69) is 26.9 Å². The highest BCUT2D eigenvalue weighted by Crippen LogP contribution is 2.65. The fourth-order valence-corrected chi connectivity index (χ4v) is 7.93. The molecular formula is C21H29BrNO6PS. The first-order chi connectivity index (χ1) is 14.9. The number of hydrogen-bond acceptors (Lipinski definition) is 8. The van der Waals surface area contributed by atoms with E-state index < -0.39 is 13.4 Å². The van der Waals surface area contributed by atoms with Crippen molar-refractivity contribution in [3.05, 3.63) is 38.0 Å². The van der Waals surface area contributed by atoms with E-state index >= 15 is 0 Å². The summed E-state index contributed by atoms with van der Waals surface area (Å²) in [7, 11) is 1.11. The van der Waals surface area contributed by atoms with E-state index in [-0.39, 0.29) is 13.2 Å². The van der Waals surface area contributed by atoms with Crippen LogP contribution in [0.3, 0.4) is 0 Å². The molecule has 1 aliphatic rings. The summed E-state index contributed by atoms with van der Waals surface area (Å²) in [5.74, 6) is 0.785. The van der Waals surface area contributed by atoms with E-state index in [4.69, 9.17) is 23.3 Å². The summed E-state index contributed by atoms with van der Waals surface area (Å²) < 4.78 is 43.6. The van der Waals surface area contributed by atoms with Crippen molar-refractivity contribution in [1.82, 2.24) is 4.90 Å². The van der Waals surface area contributed by atoms with Gasteiger partial charge in [0.25, 0.3) is 0 Å². The molecule has 2 aromatic rings. The predicted molar refractivity (Wildman–Crippen MR) is 126 cm³/mol. The van der Waals surface area contributed by atoms with Gasteiger partial charge in [-0.1, -0.05) is 0 Å². The third-order valence-corrected chi connectivity index (χ3v) is 9.32. The van der Waals surface area contributed by atoms with Crippen molar-refractivity contribution in [2.24, 2.45) is 0 Å². The van der Waals surface area contributed by atoms with Crippen molar-refractivity contribution in [3.63, 3.8) is 0 Å². The van der Waals surface area contributed by atoms with Gasteiger partial charge in [0.1, 0.15) is 5.78 Å². The Bertz CT molecular complexity index is 942. The molecule has 31 heavy (non-hydrogen) atoms. The van der Waals surface area contributed by atoms with Gasteiger partial charge in [0.05, 0.1) is 38.3 Å². The number of hydrogen-bond donors (Lipinski definition) is 0. The molecule has 0 bridgehead atoms. The average molecular weight is 534 g/mol. The predicted octanol–water partition coefficient (Wildman–Crippen LogP) is 5.86. The van der Waals surface area contributed by atoms with Crippen LogP contribution in [0.4, 0.5) is 0 Å². The van der Waals surface area contributed by atoms with Gasteiger partial charge in [0.2, 0.25) is 5.75 Å². The van der Waals surface area contributed by atoms with Crippen molar-refractivity contribution in [1.29, 1.82) is 0 Å². The molecule has 1 unspecified atom stereocenters. The molecule has 0 fully saturated rings. The Morgan fingerprint density at radius 2 is 1.77 bits per heavy atom. The summed E-state index contributed by atoms with van der Waals surface area (Å²) in [5.41, 5.74) is 1.90. The molecular weight excluding hydrogens is 505 g/mol. The zero-order valence-corrected chi connectivity index (χ0v) is 21.8. The summed E-state index contributed by atoms with van der Waals surface area (Å²) >= 11 is 5.33. The molecule has 0 aliphatic carbocycles. The van der Waals surface area contributed by atoms with E-state index in [0.717, 1.165) is 10.2 Å². The lowest BCUT2D eigenvalue weighted by molar-refractivity contribution is 0.153. The summed E-state index contributed by atoms with van der Waals surface area (Å²) in [6.07, 6.45) is 0.857. The van der Waals surface area contributed by atoms with Crippen LogP contribution in [0.5, 0.6) is 17.2 Å². The van der Waals surface area contributed by atoms with Crippen LogP contribution in [0.25, 0.3) is 0 Å². The lowest BCUT2D eigenvalue weighted by atomic mass is 10.1. The largest absolute Gasteiger partial charge is 0.493 e. The fraction of sp³-hybridized carbons (Fsp3) is 0.524. The number of thiophene rings is 1. The number of rotatable bonds is 10. The molecule has 0 amide bonds. The molecule has 2 heterocycles. The Kier molecular flexibility index (Phi) is 8.46. The Morgan fingerprint density at radius 1 is 1.10 bits per heavy atom. The third kappa shape index (κ3) is 4.97. The lowest BCUT2D eigenvalue weighted by Gasteiger charge is -2.38. The number of ether oxygens (including phenoxy) is 3. The number of nitrogens with zero attached hydrogens (tertiary/aromatic N) is 1. The minimum Gasteiger partial charge on any atom is -0.493 e. The molecule has 7 nitrogen and oxygen atoms in total. The zero-order chi connectivity index (χ0) is 22.6. The Hall–Kier alpha value is -1.09. The second-order valence-corrected chi connectivity index (χ2v) is 11.5. The van der Waals surface area contributed by atoms with Gasteiger partial charge >= 0.3 is 7.60 Å². The Balaban J connectivity index is 2.16. The van der Waals surface area contributed by atoms with Crippen molar-refractivity contribution in [3.8, 4) is 17.2 Å². The maximum atomic E-state index is 14.1. The molecule has 172 valence electrons. The second-order valence-electron chi connectivity index (χ2n) is 6.89. The van der Waals surface area contributed by atoms with E-state index in [9.17, 15) is 4.57 Å².